The highest BCUT2D eigenvalue weighted by Crippen LogP contribution is 2.19. The monoisotopic (exact) mass is 221 g/mol. The molecule has 1 N–H and O–H groups in total. The van der Waals surface area contributed by atoms with Crippen molar-refractivity contribution >= 4 is 0 Å². The average Bonchev–Trinajstić information content (AvgIpc) is 2.65. The number of nitrogens with one attached hydrogen (secondary N) is 1. The molecule has 0 aromatic carbocycles. The van der Waals surface area contributed by atoms with Gasteiger partial charge in [0.15, 0.2) is 0 Å². The molecule has 0 saturated heterocycles. The van der Waals surface area contributed by atoms with E-state index in [-0.39, 0.29) is 6.04 Å². The second kappa shape index (κ2) is 6.54. The Morgan fingerprint density at radius 2 is 2.25 bits per heavy atom. The van der Waals surface area contributed by atoms with Gasteiger partial charge in [0, 0.05) is 6.04 Å². The number of furan rings is 1. The van der Waals surface area contributed by atoms with E-state index in [0.717, 1.165) is 12.2 Å². The Labute approximate surface area is 98.7 Å². The molecule has 2 atom stereocenters. The molecule has 0 bridgehead atoms. The number of aryl methyl sites for hydroxylation is 1. The van der Waals surface area contributed by atoms with Crippen LogP contribution in [0.15, 0.2) is 29.4 Å². The van der Waals surface area contributed by atoms with Crippen LogP contribution in [0, 0.1) is 6.92 Å². The Morgan fingerprint density at radius 1 is 1.50 bits per heavy atom. The molecule has 90 valence electrons. The first-order valence-corrected chi connectivity index (χ1v) is 6.06. The van der Waals surface area contributed by atoms with Gasteiger partial charge >= 0.3 is 0 Å². The Balaban J connectivity index is 2.36. The van der Waals surface area contributed by atoms with Gasteiger partial charge in [0.05, 0.1) is 12.3 Å². The van der Waals surface area contributed by atoms with E-state index in [9.17, 15) is 0 Å². The quantitative estimate of drug-likeness (QED) is 0.556. The lowest BCUT2D eigenvalue weighted by Crippen LogP contribution is -2.28. The largest absolute Gasteiger partial charge is 0.467 e. The van der Waals surface area contributed by atoms with Gasteiger partial charge in [-0.05, 0) is 51.7 Å². The Morgan fingerprint density at radius 3 is 2.81 bits per heavy atom. The second-order valence-corrected chi connectivity index (χ2v) is 4.48. The summed E-state index contributed by atoms with van der Waals surface area (Å²) >= 11 is 0. The van der Waals surface area contributed by atoms with Gasteiger partial charge < -0.3 is 9.73 Å². The average molecular weight is 221 g/mol. The summed E-state index contributed by atoms with van der Waals surface area (Å²) in [5.41, 5.74) is 1.22. The van der Waals surface area contributed by atoms with Gasteiger partial charge in [-0.25, -0.2) is 0 Å². The van der Waals surface area contributed by atoms with Gasteiger partial charge in [-0.2, -0.15) is 0 Å². The van der Waals surface area contributed by atoms with E-state index in [0.29, 0.717) is 6.04 Å². The first-order valence-electron chi connectivity index (χ1n) is 6.06. The molecule has 1 rings (SSSR count). The molecule has 0 spiro atoms. The molecule has 1 heterocycles. The van der Waals surface area contributed by atoms with Crippen LogP contribution in [0.5, 0.6) is 0 Å². The van der Waals surface area contributed by atoms with Crippen LogP contribution in [0.4, 0.5) is 0 Å². The van der Waals surface area contributed by atoms with Gasteiger partial charge in [-0.3, -0.25) is 0 Å². The standard InChI is InChI=1S/C14H23NO/c1-5-6-7-8-12(3)15-13(4)14-11(2)9-10-16-14/h5,9-10,12-13,15H,1,6-8H2,2-4H3. The van der Waals surface area contributed by atoms with E-state index >= 15 is 0 Å². The molecule has 0 radical (unpaired) electrons. The SMILES string of the molecule is C=CCCCC(C)NC(C)c1occc1C. The molecule has 1 aromatic rings. The number of allylic oxidation sites excluding steroid dienone is 1. The normalized spacial score (nSPS) is 14.7. The third-order valence-corrected chi connectivity index (χ3v) is 2.87. The van der Waals surface area contributed by atoms with Crippen molar-refractivity contribution < 1.29 is 4.42 Å². The number of unbranched alkanes of at least 4 members (excludes halogenated alkanes) is 1. The fourth-order valence-corrected chi connectivity index (χ4v) is 1.98. The van der Waals surface area contributed by atoms with Crippen molar-refractivity contribution in [1.82, 2.24) is 5.32 Å². The summed E-state index contributed by atoms with van der Waals surface area (Å²) in [6.45, 7) is 10.2. The highest BCUT2D eigenvalue weighted by atomic mass is 16.3. The molecule has 0 saturated carbocycles. The summed E-state index contributed by atoms with van der Waals surface area (Å²) in [7, 11) is 0. The maximum atomic E-state index is 5.47. The van der Waals surface area contributed by atoms with Gasteiger partial charge in [-0.15, -0.1) is 6.58 Å². The predicted molar refractivity (Wildman–Crippen MR) is 68.5 cm³/mol. The van der Waals surface area contributed by atoms with Crippen LogP contribution in [0.2, 0.25) is 0 Å². The molecular weight excluding hydrogens is 198 g/mol. The van der Waals surface area contributed by atoms with E-state index in [2.05, 4.69) is 32.7 Å². The summed E-state index contributed by atoms with van der Waals surface area (Å²) in [6, 6.07) is 2.81. The molecule has 0 aliphatic carbocycles. The van der Waals surface area contributed by atoms with E-state index in [1.54, 1.807) is 6.26 Å². The molecule has 2 heteroatoms. The zero-order chi connectivity index (χ0) is 12.0. The molecule has 2 nitrogen and oxygen atoms in total. The Kier molecular flexibility index (Phi) is 5.33. The van der Waals surface area contributed by atoms with Crippen molar-refractivity contribution in [2.45, 2.75) is 52.1 Å². The van der Waals surface area contributed by atoms with E-state index in [4.69, 9.17) is 4.42 Å². The maximum Gasteiger partial charge on any atom is 0.123 e. The summed E-state index contributed by atoms with van der Waals surface area (Å²) in [5.74, 6) is 1.05. The fraction of sp³-hybridized carbons (Fsp3) is 0.571. The molecule has 0 amide bonds. The van der Waals surface area contributed by atoms with Gasteiger partial charge in [-0.1, -0.05) is 6.08 Å². The third kappa shape index (κ3) is 3.86. The van der Waals surface area contributed by atoms with Crippen molar-refractivity contribution in [3.8, 4) is 0 Å². The van der Waals surface area contributed by atoms with Crippen LogP contribution in [0.1, 0.15) is 50.5 Å². The van der Waals surface area contributed by atoms with Crippen LogP contribution in [-0.4, -0.2) is 6.04 Å². The Bertz CT molecular complexity index is 316. The van der Waals surface area contributed by atoms with Crippen LogP contribution in [0.3, 0.4) is 0 Å². The molecule has 2 unspecified atom stereocenters. The first-order chi connectivity index (χ1) is 7.65. The van der Waals surface area contributed by atoms with Crippen LogP contribution in [0.25, 0.3) is 0 Å². The first kappa shape index (κ1) is 13.0. The third-order valence-electron chi connectivity index (χ3n) is 2.87. The Hall–Kier alpha value is -1.02. The van der Waals surface area contributed by atoms with E-state index in [1.807, 2.05) is 12.1 Å². The molecular formula is C14H23NO. The topological polar surface area (TPSA) is 25.2 Å². The zero-order valence-electron chi connectivity index (χ0n) is 10.6. The van der Waals surface area contributed by atoms with Gasteiger partial charge in [0.1, 0.15) is 5.76 Å². The van der Waals surface area contributed by atoms with Crippen molar-refractivity contribution in [3.63, 3.8) is 0 Å². The van der Waals surface area contributed by atoms with Gasteiger partial charge in [0.2, 0.25) is 0 Å². The van der Waals surface area contributed by atoms with Gasteiger partial charge in [0.25, 0.3) is 0 Å². The van der Waals surface area contributed by atoms with E-state index < -0.39 is 0 Å². The highest BCUT2D eigenvalue weighted by molar-refractivity contribution is 5.17. The van der Waals surface area contributed by atoms with Crippen LogP contribution in [-0.2, 0) is 0 Å². The summed E-state index contributed by atoms with van der Waals surface area (Å²) in [5, 5.41) is 3.55. The molecule has 0 aliphatic heterocycles. The second-order valence-electron chi connectivity index (χ2n) is 4.48. The van der Waals surface area contributed by atoms with Crippen molar-refractivity contribution in [1.29, 1.82) is 0 Å². The highest BCUT2D eigenvalue weighted by Gasteiger charge is 2.13. The maximum absolute atomic E-state index is 5.47. The van der Waals surface area contributed by atoms with Crippen LogP contribution < -0.4 is 5.32 Å². The molecule has 0 fully saturated rings. The lowest BCUT2D eigenvalue weighted by atomic mass is 10.1. The lowest BCUT2D eigenvalue weighted by Gasteiger charge is -2.18. The van der Waals surface area contributed by atoms with Crippen molar-refractivity contribution in [2.24, 2.45) is 0 Å². The minimum Gasteiger partial charge on any atom is -0.467 e. The van der Waals surface area contributed by atoms with Crippen molar-refractivity contribution in [2.75, 3.05) is 0 Å². The molecule has 16 heavy (non-hydrogen) atoms. The molecule has 0 aliphatic rings. The van der Waals surface area contributed by atoms with Crippen molar-refractivity contribution in [3.05, 3.63) is 36.3 Å². The van der Waals surface area contributed by atoms with Crippen LogP contribution >= 0.6 is 0 Å². The minimum absolute atomic E-state index is 0.286. The predicted octanol–water partition coefficient (Wildman–Crippen LogP) is 3.98. The molecule has 1 aromatic heterocycles. The lowest BCUT2D eigenvalue weighted by molar-refractivity contribution is 0.383. The zero-order valence-corrected chi connectivity index (χ0v) is 10.6. The number of hydrogen-bond acceptors (Lipinski definition) is 2. The summed E-state index contributed by atoms with van der Waals surface area (Å²) in [4.78, 5) is 0. The smallest absolute Gasteiger partial charge is 0.123 e. The summed E-state index contributed by atoms with van der Waals surface area (Å²) in [6.07, 6.45) is 7.20. The summed E-state index contributed by atoms with van der Waals surface area (Å²) < 4.78 is 5.47. The number of rotatable bonds is 7. The fourth-order valence-electron chi connectivity index (χ4n) is 1.98. The minimum atomic E-state index is 0.286. The van der Waals surface area contributed by atoms with E-state index in [1.165, 1.54) is 18.4 Å². The number of hydrogen-bond donors (Lipinski definition) is 1.